The van der Waals surface area contributed by atoms with Gasteiger partial charge in [-0.2, -0.15) is 0 Å². The van der Waals surface area contributed by atoms with Crippen molar-refractivity contribution < 1.29 is 17.9 Å². The second kappa shape index (κ2) is 11.5. The van der Waals surface area contributed by atoms with Gasteiger partial charge < -0.3 is 10.1 Å². The summed E-state index contributed by atoms with van der Waals surface area (Å²) in [7, 11) is -2.14. The molecule has 0 aliphatic carbocycles. The molecule has 0 bridgehead atoms. The predicted octanol–water partition coefficient (Wildman–Crippen LogP) is 2.74. The first-order valence-corrected chi connectivity index (χ1v) is 10.2. The summed E-state index contributed by atoms with van der Waals surface area (Å²) in [5.74, 6) is -0.224. The van der Waals surface area contributed by atoms with Crippen molar-refractivity contribution in [3.63, 3.8) is 0 Å². The van der Waals surface area contributed by atoms with Crippen molar-refractivity contribution in [3.8, 4) is 0 Å². The summed E-state index contributed by atoms with van der Waals surface area (Å²) in [6.07, 6.45) is 6.85. The molecule has 0 fully saturated rings. The highest BCUT2D eigenvalue weighted by Crippen LogP contribution is 2.06. The first-order chi connectivity index (χ1) is 12.7. The minimum absolute atomic E-state index is 0.224. The number of amides is 1. The third-order valence-electron chi connectivity index (χ3n) is 3.31. The average molecular weight is 393 g/mol. The van der Waals surface area contributed by atoms with Gasteiger partial charge in [0.2, 0.25) is 15.9 Å². The quantitative estimate of drug-likeness (QED) is 0.600. The zero-order valence-corrected chi connectivity index (χ0v) is 17.0. The number of carbonyl (C=O) groups is 1. The minimum atomic E-state index is -3.71. The van der Waals surface area contributed by atoms with E-state index in [4.69, 9.17) is 4.74 Å². The van der Waals surface area contributed by atoms with Gasteiger partial charge in [0.1, 0.15) is 0 Å². The fourth-order valence-electron chi connectivity index (χ4n) is 2.03. The first-order valence-electron chi connectivity index (χ1n) is 8.63. The van der Waals surface area contributed by atoms with Gasteiger partial charge in [-0.15, -0.1) is 0 Å². The summed E-state index contributed by atoms with van der Waals surface area (Å²) < 4.78 is 31.3. The van der Waals surface area contributed by atoms with E-state index in [9.17, 15) is 13.2 Å². The summed E-state index contributed by atoms with van der Waals surface area (Å²) in [5, 5.41) is 3.74. The Bertz CT molecular complexity index is 792. The van der Waals surface area contributed by atoms with Gasteiger partial charge in [0.25, 0.3) is 0 Å². The Morgan fingerprint density at radius 3 is 2.48 bits per heavy atom. The monoisotopic (exact) mass is 392 g/mol. The standard InChI is InChI=1S/C20H28N2O4S/c1-16(2)14-19(6-5-12-26-4)22-20(23)15-21-27(24,25)13-11-18-9-7-17(3)8-10-18/h5-11,13-14,16,21H,12,15H2,1-4H3,(H,22,23)/b6-5-,13-11+,19-14+. The molecule has 0 saturated heterocycles. The maximum Gasteiger partial charge on any atom is 0.239 e. The molecule has 148 valence electrons. The van der Waals surface area contributed by atoms with Crippen molar-refractivity contribution in [1.29, 1.82) is 0 Å². The van der Waals surface area contributed by atoms with Gasteiger partial charge >= 0.3 is 0 Å². The number of carbonyl (C=O) groups excluding carboxylic acids is 1. The van der Waals surface area contributed by atoms with Gasteiger partial charge in [0, 0.05) is 18.2 Å². The molecule has 6 nitrogen and oxygen atoms in total. The van der Waals surface area contributed by atoms with Crippen LogP contribution in [-0.2, 0) is 19.6 Å². The lowest BCUT2D eigenvalue weighted by Crippen LogP contribution is -2.35. The molecule has 0 unspecified atom stereocenters. The van der Waals surface area contributed by atoms with E-state index in [1.165, 1.54) is 6.08 Å². The van der Waals surface area contributed by atoms with Crippen LogP contribution in [0.2, 0.25) is 0 Å². The van der Waals surface area contributed by atoms with Crippen molar-refractivity contribution in [2.24, 2.45) is 5.92 Å². The van der Waals surface area contributed by atoms with Crippen LogP contribution in [-0.4, -0.2) is 34.6 Å². The van der Waals surface area contributed by atoms with Crippen LogP contribution in [0.3, 0.4) is 0 Å². The van der Waals surface area contributed by atoms with Crippen LogP contribution in [0.4, 0.5) is 0 Å². The second-order valence-corrected chi connectivity index (χ2v) is 8.00. The maximum atomic E-state index is 12.1. The molecule has 0 aromatic heterocycles. The Hall–Kier alpha value is -2.22. The predicted molar refractivity (Wildman–Crippen MR) is 109 cm³/mol. The molecule has 0 aliphatic heterocycles. The minimum Gasteiger partial charge on any atom is -0.381 e. The zero-order valence-electron chi connectivity index (χ0n) is 16.2. The largest absolute Gasteiger partial charge is 0.381 e. The fourth-order valence-corrected chi connectivity index (χ4v) is 2.80. The number of methoxy groups -OCH3 is 1. The number of hydrogen-bond acceptors (Lipinski definition) is 4. The SMILES string of the molecule is COC/C=C\C(=C/C(C)C)NC(=O)CNS(=O)(=O)/C=C/c1ccc(C)cc1. The van der Waals surface area contributed by atoms with Crippen molar-refractivity contribution in [3.05, 3.63) is 64.7 Å². The summed E-state index contributed by atoms with van der Waals surface area (Å²) in [4.78, 5) is 12.1. The third-order valence-corrected chi connectivity index (χ3v) is 4.35. The van der Waals surface area contributed by atoms with Gasteiger partial charge in [-0.1, -0.05) is 55.8 Å². The number of benzene rings is 1. The first kappa shape index (κ1) is 22.8. The van der Waals surface area contributed by atoms with E-state index in [0.717, 1.165) is 16.5 Å². The van der Waals surface area contributed by atoms with Crippen LogP contribution >= 0.6 is 0 Å². The molecule has 2 N–H and O–H groups in total. The number of hydrogen-bond donors (Lipinski definition) is 2. The summed E-state index contributed by atoms with van der Waals surface area (Å²) in [6.45, 7) is 5.98. The van der Waals surface area contributed by atoms with Crippen molar-refractivity contribution >= 4 is 22.0 Å². The number of sulfonamides is 1. The van der Waals surface area contributed by atoms with Crippen LogP contribution in [0.5, 0.6) is 0 Å². The summed E-state index contributed by atoms with van der Waals surface area (Å²) in [5.41, 5.74) is 2.46. The maximum absolute atomic E-state index is 12.1. The van der Waals surface area contributed by atoms with Crippen LogP contribution in [0, 0.1) is 12.8 Å². The van der Waals surface area contributed by atoms with Crippen LogP contribution in [0.1, 0.15) is 25.0 Å². The van der Waals surface area contributed by atoms with Crippen LogP contribution < -0.4 is 10.0 Å². The Kier molecular flexibility index (Phi) is 9.71. The Labute approximate surface area is 162 Å². The van der Waals surface area contributed by atoms with E-state index < -0.39 is 15.9 Å². The summed E-state index contributed by atoms with van der Waals surface area (Å²) in [6, 6.07) is 7.44. The van der Waals surface area contributed by atoms with E-state index in [1.807, 2.05) is 51.1 Å². The van der Waals surface area contributed by atoms with Gasteiger partial charge in [0.15, 0.2) is 0 Å². The molecule has 0 heterocycles. The highest BCUT2D eigenvalue weighted by atomic mass is 32.2. The van der Waals surface area contributed by atoms with Crippen molar-refractivity contribution in [2.75, 3.05) is 20.3 Å². The normalized spacial score (nSPS) is 13.0. The lowest BCUT2D eigenvalue weighted by molar-refractivity contribution is -0.119. The molecular formula is C20H28N2O4S. The van der Waals surface area contributed by atoms with E-state index in [0.29, 0.717) is 12.3 Å². The Morgan fingerprint density at radius 1 is 1.22 bits per heavy atom. The number of allylic oxidation sites excluding steroid dienone is 2. The average Bonchev–Trinajstić information content (AvgIpc) is 2.59. The topological polar surface area (TPSA) is 84.5 Å². The van der Waals surface area contributed by atoms with E-state index in [2.05, 4.69) is 10.0 Å². The van der Waals surface area contributed by atoms with Gasteiger partial charge in [0.05, 0.1) is 13.2 Å². The molecule has 0 aliphatic rings. The Balaban J connectivity index is 2.63. The number of nitrogens with one attached hydrogen (secondary N) is 2. The third kappa shape index (κ3) is 10.5. The van der Waals surface area contributed by atoms with Crippen molar-refractivity contribution in [1.82, 2.24) is 10.0 Å². The molecule has 0 radical (unpaired) electrons. The molecule has 0 saturated carbocycles. The van der Waals surface area contributed by atoms with E-state index in [-0.39, 0.29) is 12.5 Å². The van der Waals surface area contributed by atoms with Gasteiger partial charge in [-0.25, -0.2) is 13.1 Å². The van der Waals surface area contributed by atoms with E-state index in [1.54, 1.807) is 19.3 Å². The zero-order chi connectivity index (χ0) is 20.3. The Morgan fingerprint density at radius 2 is 1.89 bits per heavy atom. The highest BCUT2D eigenvalue weighted by molar-refractivity contribution is 7.92. The molecule has 7 heteroatoms. The molecule has 0 atom stereocenters. The lowest BCUT2D eigenvalue weighted by atomic mass is 10.2. The van der Waals surface area contributed by atoms with Gasteiger partial charge in [-0.05, 0) is 30.6 Å². The molecule has 1 aromatic carbocycles. The summed E-state index contributed by atoms with van der Waals surface area (Å²) >= 11 is 0. The van der Waals surface area contributed by atoms with Crippen LogP contribution in [0.25, 0.3) is 6.08 Å². The second-order valence-electron chi connectivity index (χ2n) is 6.35. The highest BCUT2D eigenvalue weighted by Gasteiger charge is 2.09. The molecular weight excluding hydrogens is 364 g/mol. The van der Waals surface area contributed by atoms with Gasteiger partial charge in [-0.3, -0.25) is 4.79 Å². The van der Waals surface area contributed by atoms with E-state index >= 15 is 0 Å². The van der Waals surface area contributed by atoms with Crippen LogP contribution in [0.15, 0.2) is 53.6 Å². The van der Waals surface area contributed by atoms with Crippen molar-refractivity contribution in [2.45, 2.75) is 20.8 Å². The lowest BCUT2D eigenvalue weighted by Gasteiger charge is -2.08. The molecule has 0 spiro atoms. The fraction of sp³-hybridized carbons (Fsp3) is 0.350. The molecule has 27 heavy (non-hydrogen) atoms. The molecule has 1 aromatic rings. The number of aryl methyl sites for hydroxylation is 1. The number of rotatable bonds is 10. The molecule has 1 rings (SSSR count). The molecule has 1 amide bonds. The smallest absolute Gasteiger partial charge is 0.239 e. The number of ether oxygens (including phenoxy) is 1.